The Morgan fingerprint density at radius 1 is 1.03 bits per heavy atom. The highest BCUT2D eigenvalue weighted by atomic mass is 35.5. The molecule has 0 saturated heterocycles. The molecule has 0 atom stereocenters. The summed E-state index contributed by atoms with van der Waals surface area (Å²) in [7, 11) is 0. The van der Waals surface area contributed by atoms with Gasteiger partial charge < -0.3 is 5.32 Å². The van der Waals surface area contributed by atoms with Crippen molar-refractivity contribution in [2.75, 3.05) is 5.32 Å². The Kier molecular flexibility index (Phi) is 5.57. The number of anilines is 1. The van der Waals surface area contributed by atoms with E-state index in [9.17, 15) is 9.59 Å². The van der Waals surface area contributed by atoms with E-state index in [2.05, 4.69) is 10.3 Å². The van der Waals surface area contributed by atoms with Crippen LogP contribution in [0.15, 0.2) is 71.7 Å². The Bertz CT molecular complexity index is 1310. The highest BCUT2D eigenvalue weighted by molar-refractivity contribution is 6.42. The Balaban J connectivity index is 1.77. The van der Waals surface area contributed by atoms with Gasteiger partial charge in [-0.2, -0.15) is 0 Å². The third kappa shape index (κ3) is 4.08. The second-order valence-electron chi connectivity index (χ2n) is 6.93. The van der Waals surface area contributed by atoms with E-state index in [0.717, 1.165) is 11.1 Å². The molecule has 2 aromatic carbocycles. The molecule has 2 heterocycles. The molecule has 0 aliphatic rings. The average molecular weight is 438 g/mol. The maximum absolute atomic E-state index is 13.2. The van der Waals surface area contributed by atoms with Gasteiger partial charge in [-0.25, -0.2) is 4.98 Å². The minimum atomic E-state index is -0.526. The lowest BCUT2D eigenvalue weighted by atomic mass is 10.1. The van der Waals surface area contributed by atoms with Gasteiger partial charge in [-0.1, -0.05) is 53.0 Å². The molecule has 150 valence electrons. The van der Waals surface area contributed by atoms with Gasteiger partial charge in [-0.3, -0.25) is 14.2 Å². The van der Waals surface area contributed by atoms with Crippen molar-refractivity contribution >= 4 is 45.8 Å². The minimum absolute atomic E-state index is 0.0219. The van der Waals surface area contributed by atoms with E-state index < -0.39 is 11.5 Å². The number of amides is 1. The molecule has 0 radical (unpaired) electrons. The normalized spacial score (nSPS) is 10.9. The predicted octanol–water partition coefficient (Wildman–Crippen LogP) is 5.31. The number of pyridine rings is 2. The zero-order valence-corrected chi connectivity index (χ0v) is 17.5. The van der Waals surface area contributed by atoms with Crippen LogP contribution >= 0.6 is 23.2 Å². The smallest absolute Gasteiger partial charge is 0.265 e. The lowest BCUT2D eigenvalue weighted by molar-refractivity contribution is 0.102. The summed E-state index contributed by atoms with van der Waals surface area (Å²) in [5.74, 6) is -0.526. The second-order valence-corrected chi connectivity index (χ2v) is 7.75. The van der Waals surface area contributed by atoms with E-state index in [1.165, 1.54) is 10.6 Å². The lowest BCUT2D eigenvalue weighted by Crippen LogP contribution is -2.30. The fraction of sp³-hybridized carbons (Fsp3) is 0.0870. The number of hydrogen-bond acceptors (Lipinski definition) is 3. The molecule has 7 heteroatoms. The van der Waals surface area contributed by atoms with Gasteiger partial charge in [0.2, 0.25) is 0 Å². The molecule has 0 bridgehead atoms. The van der Waals surface area contributed by atoms with Crippen LogP contribution in [0.25, 0.3) is 11.0 Å². The molecule has 4 aromatic rings. The molecule has 0 aliphatic heterocycles. The molecule has 5 nitrogen and oxygen atoms in total. The highest BCUT2D eigenvalue weighted by Crippen LogP contribution is 2.25. The van der Waals surface area contributed by atoms with Crippen molar-refractivity contribution in [2.24, 2.45) is 0 Å². The molecule has 0 fully saturated rings. The van der Waals surface area contributed by atoms with E-state index in [1.807, 2.05) is 37.3 Å². The summed E-state index contributed by atoms with van der Waals surface area (Å²) in [6, 6.07) is 17.8. The molecule has 2 aromatic heterocycles. The van der Waals surface area contributed by atoms with Crippen molar-refractivity contribution in [3.8, 4) is 0 Å². The number of nitrogens with one attached hydrogen (secondary N) is 1. The predicted molar refractivity (Wildman–Crippen MR) is 121 cm³/mol. The zero-order valence-electron chi connectivity index (χ0n) is 16.0. The van der Waals surface area contributed by atoms with Crippen molar-refractivity contribution in [2.45, 2.75) is 13.5 Å². The number of fused-ring (bicyclic) bond motifs is 1. The number of aromatic nitrogens is 2. The molecule has 0 unspecified atom stereocenters. The van der Waals surface area contributed by atoms with Crippen LogP contribution in [-0.2, 0) is 6.54 Å². The van der Waals surface area contributed by atoms with Crippen molar-refractivity contribution in [1.82, 2.24) is 9.55 Å². The summed E-state index contributed by atoms with van der Waals surface area (Å²) in [6.07, 6.45) is 1.63. The number of carbonyl (C=O) groups is 1. The summed E-state index contributed by atoms with van der Waals surface area (Å²) in [6.45, 7) is 2.31. The molecule has 0 aliphatic carbocycles. The van der Waals surface area contributed by atoms with E-state index in [0.29, 0.717) is 33.3 Å². The summed E-state index contributed by atoms with van der Waals surface area (Å²) in [5.41, 5.74) is 2.65. The van der Waals surface area contributed by atoms with Crippen molar-refractivity contribution in [3.05, 3.63) is 104 Å². The lowest BCUT2D eigenvalue weighted by Gasteiger charge is -2.13. The van der Waals surface area contributed by atoms with Crippen molar-refractivity contribution in [3.63, 3.8) is 0 Å². The van der Waals surface area contributed by atoms with Crippen LogP contribution in [0, 0.1) is 6.92 Å². The Morgan fingerprint density at radius 3 is 2.53 bits per heavy atom. The first kappa shape index (κ1) is 20.1. The first-order valence-electron chi connectivity index (χ1n) is 9.23. The maximum Gasteiger partial charge on any atom is 0.265 e. The summed E-state index contributed by atoms with van der Waals surface area (Å²) < 4.78 is 1.52. The number of nitrogens with zero attached hydrogens (tertiary/aromatic N) is 2. The van der Waals surface area contributed by atoms with Crippen LogP contribution in [0.5, 0.6) is 0 Å². The van der Waals surface area contributed by atoms with Crippen LogP contribution < -0.4 is 10.9 Å². The maximum atomic E-state index is 13.2. The quantitative estimate of drug-likeness (QED) is 0.470. The van der Waals surface area contributed by atoms with E-state index in [1.54, 1.807) is 30.5 Å². The molecule has 30 heavy (non-hydrogen) atoms. The topological polar surface area (TPSA) is 64.0 Å². The molecule has 4 rings (SSSR count). The monoisotopic (exact) mass is 437 g/mol. The third-order valence-corrected chi connectivity index (χ3v) is 5.47. The van der Waals surface area contributed by atoms with Crippen LogP contribution in [0.4, 0.5) is 5.69 Å². The first-order valence-corrected chi connectivity index (χ1v) is 9.98. The average Bonchev–Trinajstić information content (AvgIpc) is 2.74. The van der Waals surface area contributed by atoms with Gasteiger partial charge in [-0.15, -0.1) is 0 Å². The van der Waals surface area contributed by atoms with Gasteiger partial charge in [0.05, 0.1) is 16.6 Å². The molecular formula is C23H17Cl2N3O2. The molecule has 0 saturated carbocycles. The fourth-order valence-corrected chi connectivity index (χ4v) is 3.46. The number of halogens is 2. The molecular weight excluding hydrogens is 421 g/mol. The SMILES string of the molecule is Cc1ccc(Cn2c(=O)c(C(=O)Nc3ccc(Cl)c(Cl)c3)cc3cccnc32)cc1. The summed E-state index contributed by atoms with van der Waals surface area (Å²) in [4.78, 5) is 30.5. The van der Waals surface area contributed by atoms with E-state index >= 15 is 0 Å². The van der Waals surface area contributed by atoms with Crippen molar-refractivity contribution < 1.29 is 4.79 Å². The van der Waals surface area contributed by atoms with Crippen molar-refractivity contribution in [1.29, 1.82) is 0 Å². The molecule has 1 N–H and O–H groups in total. The van der Waals surface area contributed by atoms with Gasteiger partial charge in [0, 0.05) is 17.3 Å². The second kappa shape index (κ2) is 8.30. The zero-order chi connectivity index (χ0) is 21.3. The van der Waals surface area contributed by atoms with Gasteiger partial charge >= 0.3 is 0 Å². The molecule has 0 spiro atoms. The number of carbonyl (C=O) groups excluding carboxylic acids is 1. The van der Waals surface area contributed by atoms with Gasteiger partial charge in [0.25, 0.3) is 11.5 Å². The van der Waals surface area contributed by atoms with Crippen LogP contribution in [0.3, 0.4) is 0 Å². The number of benzene rings is 2. The van der Waals surface area contributed by atoms with E-state index in [-0.39, 0.29) is 5.56 Å². The van der Waals surface area contributed by atoms with Gasteiger partial charge in [0.1, 0.15) is 11.2 Å². The standard InChI is InChI=1S/C23H17Cl2N3O2/c1-14-4-6-15(7-5-14)13-28-21-16(3-2-10-26-21)11-18(23(28)30)22(29)27-17-8-9-19(24)20(25)12-17/h2-12H,13H2,1H3,(H,27,29). The number of rotatable bonds is 4. The summed E-state index contributed by atoms with van der Waals surface area (Å²) in [5, 5.41) is 4.11. The van der Waals surface area contributed by atoms with Gasteiger partial charge in [0.15, 0.2) is 0 Å². The van der Waals surface area contributed by atoms with E-state index in [4.69, 9.17) is 23.2 Å². The summed E-state index contributed by atoms with van der Waals surface area (Å²) >= 11 is 11.9. The fourth-order valence-electron chi connectivity index (χ4n) is 3.16. The Labute approximate surface area is 182 Å². The van der Waals surface area contributed by atoms with Crippen LogP contribution in [0.2, 0.25) is 10.0 Å². The van der Waals surface area contributed by atoms with Gasteiger partial charge in [-0.05, 0) is 48.9 Å². The number of aryl methyl sites for hydroxylation is 1. The highest BCUT2D eigenvalue weighted by Gasteiger charge is 2.17. The Hall–Kier alpha value is -3.15. The Morgan fingerprint density at radius 2 is 1.80 bits per heavy atom. The largest absolute Gasteiger partial charge is 0.322 e. The minimum Gasteiger partial charge on any atom is -0.322 e. The third-order valence-electron chi connectivity index (χ3n) is 4.73. The van der Waals surface area contributed by atoms with Crippen LogP contribution in [0.1, 0.15) is 21.5 Å². The first-order chi connectivity index (χ1) is 14.4. The van der Waals surface area contributed by atoms with Crippen LogP contribution in [-0.4, -0.2) is 15.5 Å². The molecule has 1 amide bonds. The number of hydrogen-bond donors (Lipinski definition) is 1.